The molecule has 96 heavy (non-hydrogen) atoms. The zero-order chi connectivity index (χ0) is 66.1. The Morgan fingerprint density at radius 2 is 0.510 bits per heavy atom. The molecule has 0 aliphatic carbocycles. The van der Waals surface area contributed by atoms with Gasteiger partial charge in [-0.05, 0) is 123 Å². The van der Waals surface area contributed by atoms with E-state index in [9.17, 15) is 19.2 Å². The Balaban J connectivity index is 1.05. The highest BCUT2D eigenvalue weighted by molar-refractivity contribution is 5.98. The first-order chi connectivity index (χ1) is 46.9. The maximum atomic E-state index is 14.3. The predicted octanol–water partition coefficient (Wildman–Crippen LogP) is 12.0. The Morgan fingerprint density at radius 3 is 0.729 bits per heavy atom. The first-order valence-electron chi connectivity index (χ1n) is 32.4. The summed E-state index contributed by atoms with van der Waals surface area (Å²) in [6.45, 7) is 7.85. The number of hydrogen-bond donors (Lipinski definition) is 6. The Hall–Kier alpha value is -12.0. The molecule has 8 bridgehead atoms. The SMILES string of the molecule is C[C@@H](NC(=O)C[n+]1ccccc1-c1c2nc(c(-c3cccc[n+]3CC(=O)N[C@H](C)c3ccccc3)c3ccc([nH]3)c(-c3cccc[n+]3CC(=O)N[C@H](C)c3ccccc3)c3nc(c(-c4cccc[n+]4CC(=O)N[C@H](C)c4ccccc4)c4ccc1[nH]4)C=C3)C=C2)c1ccccc1. The van der Waals surface area contributed by atoms with Crippen molar-refractivity contribution in [3.63, 3.8) is 0 Å². The molecule has 11 aromatic rings. The molecule has 2 aliphatic heterocycles. The van der Waals surface area contributed by atoms with Gasteiger partial charge in [0, 0.05) is 48.5 Å². The van der Waals surface area contributed by atoms with E-state index in [0.717, 1.165) is 22.3 Å². The van der Waals surface area contributed by atoms with Gasteiger partial charge in [-0.15, -0.1) is 0 Å². The number of hydrogen-bond acceptors (Lipinski definition) is 6. The first kappa shape index (κ1) is 62.8. The molecule has 0 radical (unpaired) electrons. The molecule has 6 N–H and O–H groups in total. The lowest BCUT2D eigenvalue weighted by Crippen LogP contribution is -2.45. The molecule has 0 saturated carbocycles. The number of aromatic amines is 2. The van der Waals surface area contributed by atoms with Crippen molar-refractivity contribution >= 4 is 70.0 Å². The van der Waals surface area contributed by atoms with Gasteiger partial charge in [-0.25, -0.2) is 9.97 Å². The molecular weight excluding hydrogens is 1190 g/mol. The Kier molecular flexibility index (Phi) is 18.6. The summed E-state index contributed by atoms with van der Waals surface area (Å²) in [7, 11) is 0. The third-order valence-corrected chi connectivity index (χ3v) is 17.5. The summed E-state index contributed by atoms with van der Waals surface area (Å²) in [5.74, 6) is -0.731. The van der Waals surface area contributed by atoms with Crippen LogP contribution in [0.15, 0.2) is 243 Å². The summed E-state index contributed by atoms with van der Waals surface area (Å²) in [5.41, 5.74) is 14.6. The van der Waals surface area contributed by atoms with Gasteiger partial charge in [-0.2, -0.15) is 18.3 Å². The van der Waals surface area contributed by atoms with Gasteiger partial charge >= 0.3 is 0 Å². The highest BCUT2D eigenvalue weighted by Gasteiger charge is 2.31. The van der Waals surface area contributed by atoms with Gasteiger partial charge in [-0.1, -0.05) is 121 Å². The number of H-pyrrole nitrogens is 2. The van der Waals surface area contributed by atoms with Gasteiger partial charge in [0.15, 0.2) is 24.8 Å². The molecule has 13 rings (SSSR count). The van der Waals surface area contributed by atoms with Crippen molar-refractivity contribution in [2.45, 2.75) is 78.0 Å². The minimum Gasteiger partial charge on any atom is -0.354 e. The molecule has 0 spiro atoms. The van der Waals surface area contributed by atoms with Gasteiger partial charge in [0.05, 0.1) is 91.3 Å². The van der Waals surface area contributed by atoms with Crippen LogP contribution in [0, 0.1) is 0 Å². The number of benzene rings is 4. The van der Waals surface area contributed by atoms with Crippen LogP contribution in [0.1, 0.15) is 96.9 Å². The van der Waals surface area contributed by atoms with Gasteiger partial charge in [0.2, 0.25) is 49.0 Å². The largest absolute Gasteiger partial charge is 0.354 e. The molecule has 0 unspecified atom stereocenters. The highest BCUT2D eigenvalue weighted by atomic mass is 16.2. The molecule has 16 heteroatoms. The highest BCUT2D eigenvalue weighted by Crippen LogP contribution is 2.37. The number of pyridine rings is 4. The molecule has 4 amide bonds. The van der Waals surface area contributed by atoms with Crippen LogP contribution in [-0.2, 0) is 45.4 Å². The fourth-order valence-electron chi connectivity index (χ4n) is 12.7. The van der Waals surface area contributed by atoms with Crippen LogP contribution in [0.4, 0.5) is 0 Å². The Morgan fingerprint density at radius 1 is 0.302 bits per heavy atom. The van der Waals surface area contributed by atoms with Crippen molar-refractivity contribution in [3.8, 4) is 45.0 Å². The molecule has 4 aromatic carbocycles. The van der Waals surface area contributed by atoms with Crippen LogP contribution < -0.4 is 39.5 Å². The molecule has 2 aliphatic rings. The van der Waals surface area contributed by atoms with Crippen LogP contribution in [-0.4, -0.2) is 43.6 Å². The molecule has 7 aromatic heterocycles. The Labute approximate surface area is 557 Å². The van der Waals surface area contributed by atoms with E-state index in [4.69, 9.17) is 9.97 Å². The number of aromatic nitrogens is 8. The van der Waals surface area contributed by atoms with Gasteiger partial charge in [-0.3, -0.25) is 19.2 Å². The van der Waals surface area contributed by atoms with Crippen LogP contribution in [0.2, 0.25) is 0 Å². The van der Waals surface area contributed by atoms with Crippen LogP contribution in [0.5, 0.6) is 0 Å². The number of fused-ring (bicyclic) bond motifs is 8. The number of rotatable bonds is 20. The molecular formula is C80H74N12O4+4. The lowest BCUT2D eigenvalue weighted by atomic mass is 10.1. The van der Waals surface area contributed by atoms with Gasteiger partial charge < -0.3 is 31.2 Å². The number of amides is 4. The molecule has 474 valence electrons. The monoisotopic (exact) mass is 1270 g/mol. The van der Waals surface area contributed by atoms with E-state index in [1.807, 2.05) is 313 Å². The van der Waals surface area contributed by atoms with E-state index in [-0.39, 0.29) is 74.0 Å². The summed E-state index contributed by atoms with van der Waals surface area (Å²) >= 11 is 0. The van der Waals surface area contributed by atoms with E-state index in [1.165, 1.54) is 0 Å². The third kappa shape index (κ3) is 14.0. The molecule has 16 nitrogen and oxygen atoms in total. The second-order valence-corrected chi connectivity index (χ2v) is 24.2. The number of carbonyl (C=O) groups is 4. The van der Waals surface area contributed by atoms with Crippen molar-refractivity contribution in [3.05, 3.63) is 288 Å². The summed E-state index contributed by atoms with van der Waals surface area (Å²) in [6, 6.07) is 70.1. The smallest absolute Gasteiger partial charge is 0.286 e. The van der Waals surface area contributed by atoms with Crippen LogP contribution >= 0.6 is 0 Å². The van der Waals surface area contributed by atoms with Gasteiger partial charge in [0.25, 0.3) is 23.6 Å². The fourth-order valence-corrected chi connectivity index (χ4v) is 12.7. The second-order valence-electron chi connectivity index (χ2n) is 24.2. The number of nitrogens with zero attached hydrogens (tertiary/aromatic N) is 6. The molecule has 4 atom stereocenters. The maximum absolute atomic E-state index is 14.3. The molecule has 0 saturated heterocycles. The summed E-state index contributed by atoms with van der Waals surface area (Å²) in [5, 5.41) is 12.9. The minimum absolute atomic E-state index is 0.0140. The number of carbonyl (C=O) groups excluding carboxylic acids is 4. The summed E-state index contributed by atoms with van der Waals surface area (Å²) in [4.78, 5) is 76.3. The Bertz CT molecular complexity index is 4340. The van der Waals surface area contributed by atoms with Crippen molar-refractivity contribution in [1.82, 2.24) is 41.2 Å². The molecule has 0 fully saturated rings. The van der Waals surface area contributed by atoms with Crippen molar-refractivity contribution in [2.24, 2.45) is 0 Å². The van der Waals surface area contributed by atoms with Crippen molar-refractivity contribution in [1.29, 1.82) is 0 Å². The topological polar surface area (TPSA) is 189 Å². The van der Waals surface area contributed by atoms with E-state index >= 15 is 0 Å². The van der Waals surface area contributed by atoms with Crippen LogP contribution in [0.25, 0.3) is 91.4 Å². The quantitative estimate of drug-likeness (QED) is 0.0412. The standard InChI is InChI=1S/C80H70N12O4/c1-53(57-25-9-5-10-26-57)81-73(93)49-89-45-21-17-33-69(89)77-61-37-39-63(85-61)78(70-34-18-22-46-90(70)50-74(94)82-54(2)58-27-11-6-12-28-58)65-41-43-67(87-65)80(72-36-20-24-48-92(72)52-76(96)84-56(4)60-31-15-8-16-32-60)68-44-42-66(88-68)79(64-40-38-62(77)86-64)71-35-19-23-47-91(71)51-75(95)83-55(3)59-29-13-7-14-30-59/h5-48,53-56H,49-52H2,1-4H3,(H2-3,81,82,83,84,85,86,87,88,93,94,95,96)/p+4/t53-,54-,55-,56-/m1/s1. The normalized spacial score (nSPS) is 12.9. The maximum Gasteiger partial charge on any atom is 0.286 e. The van der Waals surface area contributed by atoms with E-state index < -0.39 is 0 Å². The average molecular weight is 1270 g/mol. The van der Waals surface area contributed by atoms with E-state index in [1.54, 1.807) is 0 Å². The van der Waals surface area contributed by atoms with Crippen LogP contribution in [0.3, 0.4) is 0 Å². The summed E-state index contributed by atoms with van der Waals surface area (Å²) in [6.07, 6.45) is 15.6. The number of nitrogens with one attached hydrogen (secondary N) is 6. The van der Waals surface area contributed by atoms with Crippen molar-refractivity contribution in [2.75, 3.05) is 0 Å². The lowest BCUT2D eigenvalue weighted by molar-refractivity contribution is -0.673. The van der Waals surface area contributed by atoms with E-state index in [2.05, 4.69) is 31.2 Å². The first-order valence-corrected chi connectivity index (χ1v) is 32.4. The summed E-state index contributed by atoms with van der Waals surface area (Å²) < 4.78 is 7.75. The zero-order valence-corrected chi connectivity index (χ0v) is 53.9. The zero-order valence-electron chi connectivity index (χ0n) is 53.9. The third-order valence-electron chi connectivity index (χ3n) is 17.5. The fraction of sp³-hybridized carbons (Fsp3) is 0.150. The average Bonchev–Trinajstić information content (AvgIpc) is 1.61. The predicted molar refractivity (Wildman–Crippen MR) is 373 cm³/mol. The second kappa shape index (κ2) is 28.4. The minimum atomic E-state index is -0.255. The molecule has 9 heterocycles. The van der Waals surface area contributed by atoms with Gasteiger partial charge in [0.1, 0.15) is 0 Å². The van der Waals surface area contributed by atoms with E-state index in [0.29, 0.717) is 89.9 Å². The van der Waals surface area contributed by atoms with Crippen molar-refractivity contribution < 1.29 is 37.4 Å². The lowest BCUT2D eigenvalue weighted by Gasteiger charge is -2.14.